The number of thioether (sulfide) groups is 1. The van der Waals surface area contributed by atoms with E-state index in [1.165, 1.54) is 36.3 Å². The number of alkyl halides is 3. The summed E-state index contributed by atoms with van der Waals surface area (Å²) in [5, 5.41) is 11.1. The fourth-order valence-electron chi connectivity index (χ4n) is 2.95. The van der Waals surface area contributed by atoms with Gasteiger partial charge in [0.1, 0.15) is 6.26 Å². The number of carbonyl (C=O) groups excluding carboxylic acids is 1. The van der Waals surface area contributed by atoms with Crippen LogP contribution in [0.2, 0.25) is 0 Å². The first-order valence-electron chi connectivity index (χ1n) is 9.88. The van der Waals surface area contributed by atoms with Gasteiger partial charge in [0.2, 0.25) is 11.7 Å². The number of amides is 1. The van der Waals surface area contributed by atoms with E-state index in [1.54, 1.807) is 12.1 Å². The molecule has 0 aliphatic rings. The number of oxazole rings is 1. The van der Waals surface area contributed by atoms with E-state index >= 15 is 0 Å². The van der Waals surface area contributed by atoms with Crippen LogP contribution in [0.3, 0.4) is 0 Å². The van der Waals surface area contributed by atoms with Crippen molar-refractivity contribution < 1.29 is 31.5 Å². The van der Waals surface area contributed by atoms with Gasteiger partial charge in [0.25, 0.3) is 5.91 Å². The van der Waals surface area contributed by atoms with Gasteiger partial charge in [-0.25, -0.2) is 4.98 Å². The highest BCUT2D eigenvalue weighted by molar-refractivity contribution is 7.98. The van der Waals surface area contributed by atoms with Crippen molar-refractivity contribution in [2.45, 2.75) is 17.1 Å². The molecular weight excluding hydrogens is 475 g/mol. The molecule has 13 heteroatoms. The van der Waals surface area contributed by atoms with E-state index in [2.05, 4.69) is 20.5 Å². The summed E-state index contributed by atoms with van der Waals surface area (Å²) >= 11 is 1.13. The maximum Gasteiger partial charge on any atom is 0.416 e. The molecule has 0 radical (unpaired) electrons. The minimum Gasteiger partial charge on any atom is -0.461 e. The molecule has 0 atom stereocenters. The summed E-state index contributed by atoms with van der Waals surface area (Å²) in [6, 6.07) is 8.08. The number of hydrogen-bond acceptors (Lipinski definition) is 8. The number of aromatic nitrogens is 4. The summed E-state index contributed by atoms with van der Waals surface area (Å²) < 4.78 is 57.0. The van der Waals surface area contributed by atoms with Gasteiger partial charge in [0.05, 0.1) is 29.9 Å². The summed E-state index contributed by atoms with van der Waals surface area (Å²) in [5.74, 6) is 0.547. The van der Waals surface area contributed by atoms with Gasteiger partial charge >= 0.3 is 6.18 Å². The molecular formula is C21H18F3N5O4S. The number of furan rings is 1. The fourth-order valence-corrected chi connectivity index (χ4v) is 3.75. The summed E-state index contributed by atoms with van der Waals surface area (Å²) in [5.41, 5.74) is -0.501. The topological polar surface area (TPSA) is 108 Å². The lowest BCUT2D eigenvalue weighted by Crippen LogP contribution is -2.27. The number of carbonyl (C=O) groups is 1. The van der Waals surface area contributed by atoms with Crippen molar-refractivity contribution >= 4 is 17.7 Å². The van der Waals surface area contributed by atoms with Gasteiger partial charge in [-0.1, -0.05) is 17.8 Å². The molecule has 0 unspecified atom stereocenters. The second-order valence-corrected chi connectivity index (χ2v) is 7.77. The zero-order valence-electron chi connectivity index (χ0n) is 17.7. The SMILES string of the molecule is COCCNC(=O)c1coc(CSc2nnc(-c3ccco3)n2-c2cccc(C(F)(F)F)c2)n1. The Morgan fingerprint density at radius 3 is 2.79 bits per heavy atom. The third kappa shape index (κ3) is 5.31. The number of nitrogens with one attached hydrogen (secondary N) is 1. The number of nitrogens with zero attached hydrogens (tertiary/aromatic N) is 4. The van der Waals surface area contributed by atoms with Crippen LogP contribution >= 0.6 is 11.8 Å². The molecule has 3 heterocycles. The first-order valence-corrected chi connectivity index (χ1v) is 10.9. The second kappa shape index (κ2) is 10.1. The van der Waals surface area contributed by atoms with Crippen LogP contribution in [0.1, 0.15) is 21.9 Å². The molecule has 1 amide bonds. The fraction of sp³-hybridized carbons (Fsp3) is 0.238. The van der Waals surface area contributed by atoms with Gasteiger partial charge in [-0.05, 0) is 30.3 Å². The number of rotatable bonds is 9. The molecule has 1 N–H and O–H groups in total. The lowest BCUT2D eigenvalue weighted by molar-refractivity contribution is -0.137. The molecule has 0 saturated carbocycles. The Morgan fingerprint density at radius 2 is 2.06 bits per heavy atom. The number of halogens is 3. The molecule has 4 rings (SSSR count). The van der Waals surface area contributed by atoms with Crippen molar-refractivity contribution in [2.75, 3.05) is 20.3 Å². The molecule has 34 heavy (non-hydrogen) atoms. The standard InChI is InChI=1S/C21H18F3N5O4S/c1-31-9-7-25-19(30)15-11-33-17(26-15)12-34-20-28-27-18(16-6-3-8-32-16)29(20)14-5-2-4-13(10-14)21(22,23)24/h2-6,8,10-11H,7,9,12H2,1H3,(H,25,30). The highest BCUT2D eigenvalue weighted by Gasteiger charge is 2.31. The van der Waals surface area contributed by atoms with Gasteiger partial charge in [-0.15, -0.1) is 10.2 Å². The van der Waals surface area contributed by atoms with Crippen molar-refractivity contribution in [2.24, 2.45) is 0 Å². The molecule has 0 saturated heterocycles. The Bertz CT molecular complexity index is 1250. The van der Waals surface area contributed by atoms with Crippen molar-refractivity contribution in [3.05, 3.63) is 66.1 Å². The average molecular weight is 493 g/mol. The quantitative estimate of drug-likeness (QED) is 0.273. The van der Waals surface area contributed by atoms with Crippen LogP contribution in [-0.2, 0) is 16.7 Å². The summed E-state index contributed by atoms with van der Waals surface area (Å²) in [4.78, 5) is 16.2. The molecule has 3 aromatic heterocycles. The third-order valence-electron chi connectivity index (χ3n) is 4.51. The largest absolute Gasteiger partial charge is 0.461 e. The van der Waals surface area contributed by atoms with Crippen molar-refractivity contribution in [1.82, 2.24) is 25.1 Å². The number of benzene rings is 1. The zero-order valence-corrected chi connectivity index (χ0v) is 18.5. The molecule has 0 aliphatic carbocycles. The third-order valence-corrected chi connectivity index (χ3v) is 5.42. The van der Waals surface area contributed by atoms with Gasteiger partial charge in [-0.3, -0.25) is 9.36 Å². The van der Waals surface area contributed by atoms with E-state index in [0.717, 1.165) is 23.9 Å². The lowest BCUT2D eigenvalue weighted by Gasteiger charge is -2.12. The van der Waals surface area contributed by atoms with E-state index in [4.69, 9.17) is 13.6 Å². The molecule has 1 aromatic carbocycles. The Kier molecular flexibility index (Phi) is 7.03. The van der Waals surface area contributed by atoms with Gasteiger partial charge < -0.3 is 18.9 Å². The molecule has 0 fully saturated rings. The Hall–Kier alpha value is -3.58. The summed E-state index contributed by atoms with van der Waals surface area (Å²) in [6.07, 6.45) is -1.86. The highest BCUT2D eigenvalue weighted by Crippen LogP contribution is 2.34. The second-order valence-electron chi connectivity index (χ2n) is 6.83. The van der Waals surface area contributed by atoms with Crippen molar-refractivity contribution in [1.29, 1.82) is 0 Å². The Morgan fingerprint density at radius 1 is 1.21 bits per heavy atom. The predicted octanol–water partition coefficient (Wildman–Crippen LogP) is 4.20. The maximum atomic E-state index is 13.3. The van der Waals surface area contributed by atoms with Crippen LogP contribution in [-0.4, -0.2) is 45.9 Å². The van der Waals surface area contributed by atoms with E-state index in [1.807, 2.05) is 0 Å². The zero-order chi connectivity index (χ0) is 24.1. The van der Waals surface area contributed by atoms with Crippen LogP contribution < -0.4 is 5.32 Å². The number of ether oxygens (including phenoxy) is 1. The summed E-state index contributed by atoms with van der Waals surface area (Å²) in [6.45, 7) is 0.678. The smallest absolute Gasteiger partial charge is 0.416 e. The maximum absolute atomic E-state index is 13.3. The highest BCUT2D eigenvalue weighted by atomic mass is 32.2. The van der Waals surface area contributed by atoms with E-state index in [-0.39, 0.29) is 34.0 Å². The Balaban J connectivity index is 1.59. The molecule has 0 bridgehead atoms. The van der Waals surface area contributed by atoms with Crippen molar-refractivity contribution in [3.8, 4) is 17.3 Å². The number of methoxy groups -OCH3 is 1. The Labute approximate surface area is 195 Å². The molecule has 178 valence electrons. The first kappa shape index (κ1) is 23.6. The van der Waals surface area contributed by atoms with Gasteiger partial charge in [0.15, 0.2) is 16.6 Å². The van der Waals surface area contributed by atoms with Crippen LogP contribution in [0.4, 0.5) is 13.2 Å². The predicted molar refractivity (Wildman–Crippen MR) is 114 cm³/mol. The van der Waals surface area contributed by atoms with E-state index in [9.17, 15) is 18.0 Å². The van der Waals surface area contributed by atoms with Crippen molar-refractivity contribution in [3.63, 3.8) is 0 Å². The van der Waals surface area contributed by atoms with Crippen LogP contribution in [0.25, 0.3) is 17.3 Å². The molecule has 9 nitrogen and oxygen atoms in total. The molecule has 0 spiro atoms. The van der Waals surface area contributed by atoms with E-state index < -0.39 is 17.6 Å². The number of hydrogen-bond donors (Lipinski definition) is 1. The van der Waals surface area contributed by atoms with Gasteiger partial charge in [0, 0.05) is 13.7 Å². The molecule has 4 aromatic rings. The van der Waals surface area contributed by atoms with Crippen LogP contribution in [0.5, 0.6) is 0 Å². The van der Waals surface area contributed by atoms with Gasteiger partial charge in [-0.2, -0.15) is 13.2 Å². The van der Waals surface area contributed by atoms with E-state index in [0.29, 0.717) is 18.9 Å². The van der Waals surface area contributed by atoms with Crippen LogP contribution in [0, 0.1) is 0 Å². The molecule has 0 aliphatic heterocycles. The minimum absolute atomic E-state index is 0.0994. The monoisotopic (exact) mass is 493 g/mol. The first-order chi connectivity index (χ1) is 16.4. The minimum atomic E-state index is -4.51. The average Bonchev–Trinajstić information content (AvgIpc) is 3.58. The normalized spacial score (nSPS) is 11.6. The summed E-state index contributed by atoms with van der Waals surface area (Å²) in [7, 11) is 1.52. The lowest BCUT2D eigenvalue weighted by atomic mass is 10.2. The van der Waals surface area contributed by atoms with Crippen LogP contribution in [0.15, 0.2) is 62.9 Å².